The van der Waals surface area contributed by atoms with Crippen LogP contribution in [0.2, 0.25) is 0 Å². The monoisotopic (exact) mass is 794 g/mol. The van der Waals surface area contributed by atoms with Crippen LogP contribution in [0.15, 0.2) is 60.7 Å². The van der Waals surface area contributed by atoms with Crippen LogP contribution in [0.25, 0.3) is 0 Å². The average Bonchev–Trinajstić information content (AvgIpc) is 3.15. The number of carboxylic acids is 1. The maximum absolute atomic E-state index is 14.0. The molecule has 0 aliphatic rings. The molecule has 0 saturated heterocycles. The normalized spacial score (nSPS) is 14.8. The standard InChI is InChI=1S/C41H62N8O8/c1-24(2)21-31(46-37(52)30(19-13-14-20-42)45-36(51)27(6)44-35(50)26(5)43)39(54)49-34(25(3)4)40(55)47-32(22-28-15-9-7-10-16-28)38(53)48-33(41(56)57)23-29-17-11-8-12-18-29/h7-12,15-18,24-27,30-34H,13-14,19-23,42-43H2,1-6H3,(H,44,50)(H,45,51)(H,46,52)(H,47,55)(H,48,53)(H,49,54)(H,56,57). The molecular weight excluding hydrogens is 732 g/mol. The summed E-state index contributed by atoms with van der Waals surface area (Å²) in [4.78, 5) is 92.6. The van der Waals surface area contributed by atoms with Crippen LogP contribution < -0.4 is 43.4 Å². The van der Waals surface area contributed by atoms with Gasteiger partial charge in [-0.25, -0.2) is 4.79 Å². The third-order valence-corrected chi connectivity index (χ3v) is 9.15. The van der Waals surface area contributed by atoms with Crippen molar-refractivity contribution in [2.75, 3.05) is 6.54 Å². The first-order chi connectivity index (χ1) is 26.9. The number of rotatable bonds is 24. The molecule has 0 radical (unpaired) electrons. The third kappa shape index (κ3) is 17.1. The molecule has 0 saturated carbocycles. The first-order valence-electron chi connectivity index (χ1n) is 19.5. The lowest BCUT2D eigenvalue weighted by Crippen LogP contribution is -2.61. The molecule has 314 valence electrons. The van der Waals surface area contributed by atoms with Crippen LogP contribution >= 0.6 is 0 Å². The molecule has 0 heterocycles. The topological polar surface area (TPSA) is 264 Å². The van der Waals surface area contributed by atoms with Gasteiger partial charge in [0, 0.05) is 12.8 Å². The van der Waals surface area contributed by atoms with E-state index in [4.69, 9.17) is 11.5 Å². The van der Waals surface area contributed by atoms with Crippen molar-refractivity contribution in [2.24, 2.45) is 23.3 Å². The van der Waals surface area contributed by atoms with Gasteiger partial charge in [0.2, 0.25) is 35.4 Å². The van der Waals surface area contributed by atoms with Crippen LogP contribution in [0.4, 0.5) is 0 Å². The summed E-state index contributed by atoms with van der Waals surface area (Å²) in [6.07, 6.45) is 1.50. The predicted molar refractivity (Wildman–Crippen MR) is 216 cm³/mol. The Morgan fingerprint density at radius 3 is 1.53 bits per heavy atom. The van der Waals surface area contributed by atoms with E-state index in [0.717, 1.165) is 0 Å². The summed E-state index contributed by atoms with van der Waals surface area (Å²) in [5.41, 5.74) is 12.7. The summed E-state index contributed by atoms with van der Waals surface area (Å²) in [6, 6.07) is 10.0. The molecule has 0 spiro atoms. The number of carbonyl (C=O) groups is 7. The highest BCUT2D eigenvalue weighted by atomic mass is 16.4. The number of nitrogens with two attached hydrogens (primary N) is 2. The van der Waals surface area contributed by atoms with E-state index in [1.165, 1.54) is 13.8 Å². The number of hydrogen-bond acceptors (Lipinski definition) is 9. The van der Waals surface area contributed by atoms with E-state index in [2.05, 4.69) is 31.9 Å². The second-order valence-corrected chi connectivity index (χ2v) is 15.1. The minimum absolute atomic E-state index is 0.0161. The van der Waals surface area contributed by atoms with Gasteiger partial charge in [0.05, 0.1) is 6.04 Å². The molecule has 11 N–H and O–H groups in total. The molecule has 7 atom stereocenters. The molecule has 7 unspecified atom stereocenters. The number of benzene rings is 2. The van der Waals surface area contributed by atoms with Gasteiger partial charge in [-0.05, 0) is 69.0 Å². The fourth-order valence-electron chi connectivity index (χ4n) is 5.88. The molecule has 2 aromatic rings. The van der Waals surface area contributed by atoms with E-state index < -0.39 is 89.6 Å². The van der Waals surface area contributed by atoms with E-state index in [0.29, 0.717) is 30.5 Å². The third-order valence-electron chi connectivity index (χ3n) is 9.15. The summed E-state index contributed by atoms with van der Waals surface area (Å²) in [5, 5.41) is 25.9. The van der Waals surface area contributed by atoms with Crippen LogP contribution in [-0.4, -0.2) is 95.4 Å². The Morgan fingerprint density at radius 2 is 1.04 bits per heavy atom. The number of carboxylic acid groups (broad SMARTS) is 1. The Balaban J connectivity index is 2.30. The Hall–Kier alpha value is -5.35. The van der Waals surface area contributed by atoms with Crippen LogP contribution in [0.3, 0.4) is 0 Å². The maximum atomic E-state index is 14.0. The molecule has 0 fully saturated rings. The number of nitrogens with one attached hydrogen (secondary N) is 6. The van der Waals surface area contributed by atoms with E-state index >= 15 is 0 Å². The Labute approximate surface area is 335 Å². The van der Waals surface area contributed by atoms with E-state index in [1.807, 2.05) is 13.8 Å². The smallest absolute Gasteiger partial charge is 0.326 e. The Bertz CT molecular complexity index is 1620. The molecule has 57 heavy (non-hydrogen) atoms. The molecule has 16 heteroatoms. The lowest BCUT2D eigenvalue weighted by molar-refractivity contribution is -0.142. The summed E-state index contributed by atoms with van der Waals surface area (Å²) in [6.45, 7) is 10.4. The van der Waals surface area contributed by atoms with Crippen LogP contribution in [0.1, 0.15) is 78.4 Å². The summed E-state index contributed by atoms with van der Waals surface area (Å²) in [7, 11) is 0. The highest BCUT2D eigenvalue weighted by Gasteiger charge is 2.34. The first kappa shape index (κ1) is 47.8. The van der Waals surface area contributed by atoms with Crippen molar-refractivity contribution in [3.05, 3.63) is 71.8 Å². The summed E-state index contributed by atoms with van der Waals surface area (Å²) in [5.74, 6) is -5.67. The first-order valence-corrected chi connectivity index (χ1v) is 19.5. The number of carbonyl (C=O) groups excluding carboxylic acids is 6. The van der Waals surface area contributed by atoms with Crippen molar-refractivity contribution in [3.63, 3.8) is 0 Å². The highest BCUT2D eigenvalue weighted by molar-refractivity contribution is 5.97. The van der Waals surface area contributed by atoms with Gasteiger partial charge in [0.1, 0.15) is 36.3 Å². The van der Waals surface area contributed by atoms with Crippen LogP contribution in [0, 0.1) is 11.8 Å². The number of aliphatic carboxylic acids is 1. The summed E-state index contributed by atoms with van der Waals surface area (Å²) >= 11 is 0. The predicted octanol–water partition coefficient (Wildman–Crippen LogP) is 0.663. The molecule has 2 aromatic carbocycles. The minimum atomic E-state index is -1.28. The Morgan fingerprint density at radius 1 is 0.561 bits per heavy atom. The largest absolute Gasteiger partial charge is 0.480 e. The van der Waals surface area contributed by atoms with Gasteiger partial charge in [-0.15, -0.1) is 0 Å². The lowest BCUT2D eigenvalue weighted by atomic mass is 9.98. The molecule has 0 aromatic heterocycles. The quantitative estimate of drug-likeness (QED) is 0.0671. The van der Waals surface area contributed by atoms with Gasteiger partial charge in [-0.3, -0.25) is 28.8 Å². The molecule has 0 bridgehead atoms. The number of amides is 6. The maximum Gasteiger partial charge on any atom is 0.326 e. The molecule has 0 aliphatic carbocycles. The number of hydrogen-bond donors (Lipinski definition) is 9. The second-order valence-electron chi connectivity index (χ2n) is 15.1. The molecule has 0 aliphatic heterocycles. The molecule has 2 rings (SSSR count). The fraction of sp³-hybridized carbons (Fsp3) is 0.537. The van der Waals surface area contributed by atoms with Crippen molar-refractivity contribution in [2.45, 2.75) is 122 Å². The van der Waals surface area contributed by atoms with Crippen LogP contribution in [-0.2, 0) is 46.4 Å². The second kappa shape index (κ2) is 24.3. The van der Waals surface area contributed by atoms with Gasteiger partial charge < -0.3 is 48.5 Å². The van der Waals surface area contributed by atoms with Gasteiger partial charge in [0.15, 0.2) is 0 Å². The average molecular weight is 795 g/mol. The van der Waals surface area contributed by atoms with Crippen molar-refractivity contribution < 1.29 is 38.7 Å². The Kier molecular flexibility index (Phi) is 20.4. The van der Waals surface area contributed by atoms with Gasteiger partial charge in [-0.1, -0.05) is 88.4 Å². The van der Waals surface area contributed by atoms with Crippen molar-refractivity contribution in [3.8, 4) is 0 Å². The zero-order valence-electron chi connectivity index (χ0n) is 33.9. The fourth-order valence-corrected chi connectivity index (χ4v) is 5.88. The highest BCUT2D eigenvalue weighted by Crippen LogP contribution is 2.12. The van der Waals surface area contributed by atoms with E-state index in [1.54, 1.807) is 74.5 Å². The van der Waals surface area contributed by atoms with Crippen molar-refractivity contribution >= 4 is 41.4 Å². The molecule has 16 nitrogen and oxygen atoms in total. The zero-order chi connectivity index (χ0) is 42.7. The number of unbranched alkanes of at least 4 members (excludes halogenated alkanes) is 1. The van der Waals surface area contributed by atoms with E-state index in [9.17, 15) is 38.7 Å². The van der Waals surface area contributed by atoms with Gasteiger partial charge in [0.25, 0.3) is 0 Å². The zero-order valence-corrected chi connectivity index (χ0v) is 33.9. The summed E-state index contributed by atoms with van der Waals surface area (Å²) < 4.78 is 0. The van der Waals surface area contributed by atoms with Crippen molar-refractivity contribution in [1.82, 2.24) is 31.9 Å². The van der Waals surface area contributed by atoms with Crippen molar-refractivity contribution in [1.29, 1.82) is 0 Å². The SMILES string of the molecule is CC(C)CC(NC(=O)C(CCCCN)NC(=O)C(C)NC(=O)C(C)N)C(=O)NC(C(=O)NC(Cc1ccccc1)C(=O)NC(Cc1ccccc1)C(=O)O)C(C)C. The van der Waals surface area contributed by atoms with E-state index in [-0.39, 0.29) is 31.6 Å². The van der Waals surface area contributed by atoms with Gasteiger partial charge in [-0.2, -0.15) is 0 Å². The van der Waals surface area contributed by atoms with Gasteiger partial charge >= 0.3 is 5.97 Å². The minimum Gasteiger partial charge on any atom is -0.480 e. The van der Waals surface area contributed by atoms with Crippen LogP contribution in [0.5, 0.6) is 0 Å². The molecular formula is C41H62N8O8. The molecule has 6 amide bonds. The lowest BCUT2D eigenvalue weighted by Gasteiger charge is -2.29.